The van der Waals surface area contributed by atoms with Crippen molar-refractivity contribution in [1.29, 1.82) is 0 Å². The molecule has 22 heavy (non-hydrogen) atoms. The Bertz CT molecular complexity index is 606. The van der Waals surface area contributed by atoms with Crippen LogP contribution in [0.15, 0.2) is 30.5 Å². The van der Waals surface area contributed by atoms with Crippen LogP contribution in [0, 0.1) is 0 Å². The molecule has 1 aliphatic rings. The Morgan fingerprint density at radius 2 is 1.95 bits per heavy atom. The van der Waals surface area contributed by atoms with Crippen molar-refractivity contribution in [2.24, 2.45) is 7.05 Å². The van der Waals surface area contributed by atoms with Crippen LogP contribution in [0.1, 0.15) is 11.3 Å². The fourth-order valence-corrected chi connectivity index (χ4v) is 2.85. The number of rotatable bonds is 5. The molecule has 0 unspecified atom stereocenters. The van der Waals surface area contributed by atoms with Gasteiger partial charge >= 0.3 is 0 Å². The minimum Gasteiger partial charge on any atom is -0.378 e. The van der Waals surface area contributed by atoms with Gasteiger partial charge < -0.3 is 9.64 Å². The van der Waals surface area contributed by atoms with Crippen molar-refractivity contribution in [2.75, 3.05) is 38.3 Å². The number of benzene rings is 1. The maximum absolute atomic E-state index is 5.45. The molecule has 2 aromatic rings. The number of nitrogens with zero attached hydrogens (tertiary/aromatic N) is 5. The summed E-state index contributed by atoms with van der Waals surface area (Å²) in [4.78, 5) is 4.68. The van der Waals surface area contributed by atoms with E-state index in [0.29, 0.717) is 0 Å². The van der Waals surface area contributed by atoms with Gasteiger partial charge in [0.15, 0.2) is 0 Å². The Labute approximate surface area is 131 Å². The normalized spacial score (nSPS) is 15.5. The number of hydrogen-bond acceptors (Lipinski definition) is 5. The number of aromatic nitrogens is 3. The maximum atomic E-state index is 5.45. The van der Waals surface area contributed by atoms with Crippen molar-refractivity contribution in [1.82, 2.24) is 19.9 Å². The molecule has 0 saturated carbocycles. The van der Waals surface area contributed by atoms with Crippen LogP contribution in [0.3, 0.4) is 0 Å². The summed E-state index contributed by atoms with van der Waals surface area (Å²) >= 11 is 0. The number of aryl methyl sites for hydroxylation is 1. The largest absolute Gasteiger partial charge is 0.378 e. The second-order valence-corrected chi connectivity index (χ2v) is 5.78. The summed E-state index contributed by atoms with van der Waals surface area (Å²) < 4.78 is 7.19. The number of morpholine rings is 1. The van der Waals surface area contributed by atoms with Gasteiger partial charge in [0.1, 0.15) is 0 Å². The molecule has 6 heteroatoms. The molecule has 1 saturated heterocycles. The van der Waals surface area contributed by atoms with Crippen LogP contribution < -0.4 is 4.90 Å². The molecular weight excluding hydrogens is 278 g/mol. The average Bonchev–Trinajstić information content (AvgIpc) is 2.93. The lowest BCUT2D eigenvalue weighted by molar-refractivity contribution is 0.122. The summed E-state index contributed by atoms with van der Waals surface area (Å²) in [5.74, 6) is 0. The second-order valence-electron chi connectivity index (χ2n) is 5.78. The Kier molecular flexibility index (Phi) is 4.70. The molecule has 0 bridgehead atoms. The van der Waals surface area contributed by atoms with Gasteiger partial charge in [-0.1, -0.05) is 23.4 Å². The molecule has 1 aromatic carbocycles. The van der Waals surface area contributed by atoms with Gasteiger partial charge in [-0.15, -0.1) is 5.10 Å². The molecule has 2 heterocycles. The van der Waals surface area contributed by atoms with Crippen molar-refractivity contribution in [2.45, 2.75) is 13.1 Å². The van der Waals surface area contributed by atoms with Crippen LogP contribution in [0.2, 0.25) is 0 Å². The number of hydrogen-bond donors (Lipinski definition) is 0. The predicted octanol–water partition coefficient (Wildman–Crippen LogP) is 1.28. The molecule has 0 radical (unpaired) electrons. The third kappa shape index (κ3) is 3.64. The number of ether oxygens (including phenoxy) is 1. The zero-order chi connectivity index (χ0) is 15.4. The highest BCUT2D eigenvalue weighted by atomic mass is 16.5. The van der Waals surface area contributed by atoms with Gasteiger partial charge in [0.25, 0.3) is 0 Å². The molecule has 1 aromatic heterocycles. The predicted molar refractivity (Wildman–Crippen MR) is 85.6 cm³/mol. The summed E-state index contributed by atoms with van der Waals surface area (Å²) in [6.45, 7) is 5.23. The van der Waals surface area contributed by atoms with Crippen LogP contribution in [-0.4, -0.2) is 53.2 Å². The average molecular weight is 301 g/mol. The topological polar surface area (TPSA) is 46.4 Å². The van der Waals surface area contributed by atoms with Crippen molar-refractivity contribution in [3.63, 3.8) is 0 Å². The van der Waals surface area contributed by atoms with E-state index in [1.54, 1.807) is 4.68 Å². The minimum atomic E-state index is 0.797. The van der Waals surface area contributed by atoms with Gasteiger partial charge in [0.2, 0.25) is 0 Å². The van der Waals surface area contributed by atoms with E-state index in [4.69, 9.17) is 4.74 Å². The molecule has 0 amide bonds. The summed E-state index contributed by atoms with van der Waals surface area (Å²) in [6, 6.07) is 8.63. The zero-order valence-corrected chi connectivity index (χ0v) is 13.3. The van der Waals surface area contributed by atoms with Crippen LogP contribution in [0.4, 0.5) is 5.69 Å². The monoisotopic (exact) mass is 301 g/mol. The smallest absolute Gasteiger partial charge is 0.0967 e. The Morgan fingerprint density at radius 1 is 1.18 bits per heavy atom. The van der Waals surface area contributed by atoms with Crippen LogP contribution in [0.5, 0.6) is 0 Å². The van der Waals surface area contributed by atoms with E-state index in [2.05, 4.69) is 51.4 Å². The highest BCUT2D eigenvalue weighted by molar-refractivity contribution is 5.53. The molecule has 3 rings (SSSR count). The summed E-state index contributed by atoms with van der Waals surface area (Å²) in [5.41, 5.74) is 3.65. The van der Waals surface area contributed by atoms with Gasteiger partial charge in [0, 0.05) is 45.1 Å². The molecule has 0 N–H and O–H groups in total. The molecule has 1 aliphatic heterocycles. The summed E-state index contributed by atoms with van der Waals surface area (Å²) in [5, 5.41) is 8.14. The summed E-state index contributed by atoms with van der Waals surface area (Å²) in [6.07, 6.45) is 1.96. The number of para-hydroxylation sites is 1. The fraction of sp³-hybridized carbons (Fsp3) is 0.500. The molecule has 118 valence electrons. The van der Waals surface area contributed by atoms with Crippen molar-refractivity contribution in [3.05, 3.63) is 41.7 Å². The van der Waals surface area contributed by atoms with Crippen molar-refractivity contribution < 1.29 is 4.74 Å². The first-order valence-corrected chi connectivity index (χ1v) is 7.67. The molecule has 1 fully saturated rings. The van der Waals surface area contributed by atoms with Gasteiger partial charge in [-0.2, -0.15) is 0 Å². The molecule has 0 atom stereocenters. The van der Waals surface area contributed by atoms with Gasteiger partial charge in [0.05, 0.1) is 18.9 Å². The first kappa shape index (κ1) is 15.0. The zero-order valence-electron chi connectivity index (χ0n) is 13.3. The standard InChI is InChI=1S/C16H23N5O/c1-19(12-15-13-20(2)18-17-15)11-14-5-3-4-6-16(14)21-7-9-22-10-8-21/h3-6,13H,7-12H2,1-2H3. The van der Waals surface area contributed by atoms with E-state index in [9.17, 15) is 0 Å². The van der Waals surface area contributed by atoms with Gasteiger partial charge in [-0.05, 0) is 18.7 Å². The van der Waals surface area contributed by atoms with E-state index in [0.717, 1.165) is 45.1 Å². The lowest BCUT2D eigenvalue weighted by atomic mass is 10.1. The Hall–Kier alpha value is -1.92. The lowest BCUT2D eigenvalue weighted by Crippen LogP contribution is -2.37. The van der Waals surface area contributed by atoms with Gasteiger partial charge in [-0.25, -0.2) is 0 Å². The molecule has 0 spiro atoms. The first-order valence-electron chi connectivity index (χ1n) is 7.67. The second kappa shape index (κ2) is 6.89. The SMILES string of the molecule is CN(Cc1cn(C)nn1)Cc1ccccc1N1CCOCC1. The van der Waals surface area contributed by atoms with Crippen molar-refractivity contribution in [3.8, 4) is 0 Å². The maximum Gasteiger partial charge on any atom is 0.0967 e. The quantitative estimate of drug-likeness (QED) is 0.832. The minimum absolute atomic E-state index is 0.797. The highest BCUT2D eigenvalue weighted by Gasteiger charge is 2.15. The van der Waals surface area contributed by atoms with E-state index in [1.165, 1.54) is 11.3 Å². The molecule has 6 nitrogen and oxygen atoms in total. The molecule has 0 aliphatic carbocycles. The van der Waals surface area contributed by atoms with E-state index in [1.807, 2.05) is 13.2 Å². The summed E-state index contributed by atoms with van der Waals surface area (Å²) in [7, 11) is 4.01. The fourth-order valence-electron chi connectivity index (χ4n) is 2.85. The van der Waals surface area contributed by atoms with Crippen LogP contribution in [0.25, 0.3) is 0 Å². The van der Waals surface area contributed by atoms with E-state index < -0.39 is 0 Å². The molecular formula is C16H23N5O. The van der Waals surface area contributed by atoms with E-state index >= 15 is 0 Å². The van der Waals surface area contributed by atoms with Crippen molar-refractivity contribution >= 4 is 5.69 Å². The highest BCUT2D eigenvalue weighted by Crippen LogP contribution is 2.23. The third-order valence-electron chi connectivity index (χ3n) is 3.87. The van der Waals surface area contributed by atoms with Crippen LogP contribution >= 0.6 is 0 Å². The lowest BCUT2D eigenvalue weighted by Gasteiger charge is -2.31. The van der Waals surface area contributed by atoms with Gasteiger partial charge in [-0.3, -0.25) is 9.58 Å². The van der Waals surface area contributed by atoms with E-state index in [-0.39, 0.29) is 0 Å². The third-order valence-corrected chi connectivity index (χ3v) is 3.87. The van der Waals surface area contributed by atoms with Crippen LogP contribution in [-0.2, 0) is 24.9 Å². The number of anilines is 1. The first-order chi connectivity index (χ1) is 10.7. The Balaban J connectivity index is 1.68. The Morgan fingerprint density at radius 3 is 2.68 bits per heavy atom.